The molecule has 0 bridgehead atoms. The van der Waals surface area contributed by atoms with Crippen LogP contribution in [-0.2, 0) is 14.3 Å². The monoisotopic (exact) mass is 329 g/mol. The fraction of sp³-hybridized carbons (Fsp3) is 0.222. The van der Waals surface area contributed by atoms with Crippen LogP contribution < -0.4 is 10.1 Å². The molecule has 2 aromatic rings. The zero-order chi connectivity index (χ0) is 17.2. The Hall–Kier alpha value is -2.86. The van der Waals surface area contributed by atoms with Crippen LogP contribution in [0.3, 0.4) is 0 Å². The summed E-state index contributed by atoms with van der Waals surface area (Å²) in [7, 11) is 1.54. The molecule has 6 heteroatoms. The fourth-order valence-corrected chi connectivity index (χ4v) is 1.87. The number of hydrogen-bond acceptors (Lipinski definition) is 5. The first-order valence-electron chi connectivity index (χ1n) is 7.45. The molecule has 0 aliphatic carbocycles. The summed E-state index contributed by atoms with van der Waals surface area (Å²) >= 11 is 0. The van der Waals surface area contributed by atoms with E-state index in [1.165, 1.54) is 7.11 Å². The summed E-state index contributed by atoms with van der Waals surface area (Å²) in [5.74, 6) is 0.216. The molecule has 0 unspecified atom stereocenters. The molecule has 0 aromatic heterocycles. The molecule has 0 heterocycles. The number of amides is 1. The average molecular weight is 329 g/mol. The molecule has 6 nitrogen and oxygen atoms in total. The van der Waals surface area contributed by atoms with E-state index in [9.17, 15) is 9.59 Å². The molecule has 0 spiro atoms. The highest BCUT2D eigenvalue weighted by Crippen LogP contribution is 2.22. The van der Waals surface area contributed by atoms with Gasteiger partial charge >= 0.3 is 5.97 Å². The van der Waals surface area contributed by atoms with E-state index in [0.29, 0.717) is 30.2 Å². The number of hydrogen-bond donors (Lipinski definition) is 1. The number of rotatable bonds is 8. The van der Waals surface area contributed by atoms with E-state index in [-0.39, 0.29) is 12.5 Å². The fourth-order valence-electron chi connectivity index (χ4n) is 1.87. The Morgan fingerprint density at radius 3 is 2.50 bits per heavy atom. The molecule has 0 saturated carbocycles. The van der Waals surface area contributed by atoms with Crippen LogP contribution in [0.25, 0.3) is 0 Å². The number of carbonyl (C=O) groups excluding carboxylic acids is 2. The molecule has 1 N–H and O–H groups in total. The Kier molecular flexibility index (Phi) is 6.79. The first-order chi connectivity index (χ1) is 11.7. The molecule has 126 valence electrons. The summed E-state index contributed by atoms with van der Waals surface area (Å²) in [4.78, 5) is 23.5. The molecule has 2 aromatic carbocycles. The number of methoxy groups -OCH3 is 1. The Morgan fingerprint density at radius 1 is 1.00 bits per heavy atom. The van der Waals surface area contributed by atoms with Crippen LogP contribution >= 0.6 is 0 Å². The van der Waals surface area contributed by atoms with Gasteiger partial charge in [0, 0.05) is 13.7 Å². The van der Waals surface area contributed by atoms with Gasteiger partial charge in [0.1, 0.15) is 11.5 Å². The van der Waals surface area contributed by atoms with Crippen LogP contribution in [0.1, 0.15) is 10.4 Å². The second kappa shape index (κ2) is 9.32. The molecule has 0 aliphatic rings. The van der Waals surface area contributed by atoms with Gasteiger partial charge in [-0.25, -0.2) is 4.79 Å². The highest BCUT2D eigenvalue weighted by Gasteiger charge is 2.11. The van der Waals surface area contributed by atoms with Crippen molar-refractivity contribution in [3.63, 3.8) is 0 Å². The minimum Gasteiger partial charge on any atom is -0.457 e. The van der Waals surface area contributed by atoms with Crippen molar-refractivity contribution in [2.45, 2.75) is 0 Å². The molecule has 0 radical (unpaired) electrons. The van der Waals surface area contributed by atoms with Crippen molar-refractivity contribution in [1.29, 1.82) is 0 Å². The molecule has 0 atom stereocenters. The Bertz CT molecular complexity index is 672. The highest BCUT2D eigenvalue weighted by atomic mass is 16.5. The van der Waals surface area contributed by atoms with Gasteiger partial charge in [-0.2, -0.15) is 0 Å². The molecule has 24 heavy (non-hydrogen) atoms. The summed E-state index contributed by atoms with van der Waals surface area (Å²) in [5, 5.41) is 2.57. The minimum atomic E-state index is -0.588. The predicted octanol–water partition coefficient (Wildman–Crippen LogP) is 2.40. The van der Waals surface area contributed by atoms with Crippen LogP contribution in [0.15, 0.2) is 54.6 Å². The van der Waals surface area contributed by atoms with Crippen molar-refractivity contribution in [3.8, 4) is 11.5 Å². The Morgan fingerprint density at radius 2 is 1.75 bits per heavy atom. The SMILES string of the molecule is COCCNC(=O)COC(=O)c1cccc(Oc2ccccc2)c1. The van der Waals surface area contributed by atoms with E-state index < -0.39 is 5.97 Å². The summed E-state index contributed by atoms with van der Waals surface area (Å²) in [6.07, 6.45) is 0. The quantitative estimate of drug-likeness (QED) is 0.595. The van der Waals surface area contributed by atoms with Crippen LogP contribution in [-0.4, -0.2) is 38.7 Å². The van der Waals surface area contributed by atoms with E-state index >= 15 is 0 Å². The number of carbonyl (C=O) groups is 2. The Balaban J connectivity index is 1.88. The van der Waals surface area contributed by atoms with Crippen LogP contribution in [0.4, 0.5) is 0 Å². The van der Waals surface area contributed by atoms with Gasteiger partial charge < -0.3 is 19.5 Å². The first-order valence-corrected chi connectivity index (χ1v) is 7.45. The van der Waals surface area contributed by atoms with Gasteiger partial charge in [-0.15, -0.1) is 0 Å². The van der Waals surface area contributed by atoms with E-state index in [1.54, 1.807) is 24.3 Å². The lowest BCUT2D eigenvalue weighted by molar-refractivity contribution is -0.124. The third-order valence-corrected chi connectivity index (χ3v) is 3.01. The number of nitrogens with one attached hydrogen (secondary N) is 1. The van der Waals surface area contributed by atoms with Gasteiger partial charge in [0.2, 0.25) is 0 Å². The molecular formula is C18H19NO5. The Labute approximate surface area is 140 Å². The number of benzene rings is 2. The number of para-hydroxylation sites is 1. The van der Waals surface area contributed by atoms with Crippen LogP contribution in [0.2, 0.25) is 0 Å². The summed E-state index contributed by atoms with van der Waals surface area (Å²) in [6, 6.07) is 15.8. The molecule has 0 aliphatic heterocycles. The van der Waals surface area contributed by atoms with Crippen molar-refractivity contribution >= 4 is 11.9 Å². The first kappa shape index (κ1) is 17.5. The highest BCUT2D eigenvalue weighted by molar-refractivity contribution is 5.91. The second-order valence-electron chi connectivity index (χ2n) is 4.86. The van der Waals surface area contributed by atoms with Gasteiger partial charge in [0.25, 0.3) is 5.91 Å². The smallest absolute Gasteiger partial charge is 0.338 e. The van der Waals surface area contributed by atoms with Crippen molar-refractivity contribution in [2.75, 3.05) is 26.9 Å². The number of ether oxygens (including phenoxy) is 3. The van der Waals surface area contributed by atoms with E-state index in [0.717, 1.165) is 0 Å². The zero-order valence-corrected chi connectivity index (χ0v) is 13.4. The minimum absolute atomic E-state index is 0.313. The number of esters is 1. The van der Waals surface area contributed by atoms with Gasteiger partial charge in [-0.1, -0.05) is 24.3 Å². The third kappa shape index (κ3) is 5.73. The standard InChI is InChI=1S/C18H19NO5/c1-22-11-10-19-17(20)13-23-18(21)14-6-5-9-16(12-14)24-15-7-3-2-4-8-15/h2-9,12H,10-11,13H2,1H3,(H,19,20). The maximum atomic E-state index is 12.0. The lowest BCUT2D eigenvalue weighted by Gasteiger charge is -2.08. The summed E-state index contributed by atoms with van der Waals surface area (Å²) in [6.45, 7) is 0.429. The maximum Gasteiger partial charge on any atom is 0.338 e. The normalized spacial score (nSPS) is 10.0. The van der Waals surface area contributed by atoms with Gasteiger partial charge in [0.15, 0.2) is 6.61 Å². The van der Waals surface area contributed by atoms with Crippen LogP contribution in [0, 0.1) is 0 Å². The van der Waals surface area contributed by atoms with Gasteiger partial charge in [0.05, 0.1) is 12.2 Å². The van der Waals surface area contributed by atoms with Crippen molar-refractivity contribution in [1.82, 2.24) is 5.32 Å². The molecular weight excluding hydrogens is 310 g/mol. The van der Waals surface area contributed by atoms with Crippen molar-refractivity contribution in [2.24, 2.45) is 0 Å². The van der Waals surface area contributed by atoms with E-state index in [4.69, 9.17) is 14.2 Å². The van der Waals surface area contributed by atoms with E-state index in [1.807, 2.05) is 30.3 Å². The summed E-state index contributed by atoms with van der Waals surface area (Å²) < 4.78 is 15.5. The van der Waals surface area contributed by atoms with Gasteiger partial charge in [-0.05, 0) is 30.3 Å². The summed E-state index contributed by atoms with van der Waals surface area (Å²) in [5.41, 5.74) is 0.313. The maximum absolute atomic E-state index is 12.0. The zero-order valence-electron chi connectivity index (χ0n) is 13.4. The van der Waals surface area contributed by atoms with E-state index in [2.05, 4.69) is 5.32 Å². The third-order valence-electron chi connectivity index (χ3n) is 3.01. The molecule has 0 saturated heterocycles. The lowest BCUT2D eigenvalue weighted by atomic mass is 10.2. The molecule has 0 fully saturated rings. The average Bonchev–Trinajstić information content (AvgIpc) is 2.61. The predicted molar refractivity (Wildman–Crippen MR) is 88.1 cm³/mol. The molecule has 1 amide bonds. The molecule has 2 rings (SSSR count). The largest absolute Gasteiger partial charge is 0.457 e. The van der Waals surface area contributed by atoms with Crippen LogP contribution in [0.5, 0.6) is 11.5 Å². The van der Waals surface area contributed by atoms with Crippen molar-refractivity contribution < 1.29 is 23.8 Å². The van der Waals surface area contributed by atoms with Crippen molar-refractivity contribution in [3.05, 3.63) is 60.2 Å². The van der Waals surface area contributed by atoms with Gasteiger partial charge in [-0.3, -0.25) is 4.79 Å². The second-order valence-corrected chi connectivity index (χ2v) is 4.86. The topological polar surface area (TPSA) is 73.9 Å². The lowest BCUT2D eigenvalue weighted by Crippen LogP contribution is -2.31.